The maximum absolute atomic E-state index is 4.90. The highest BCUT2D eigenvalue weighted by Gasteiger charge is 1.93. The number of nitrogens with zero attached hydrogens (tertiary/aromatic N) is 2. The van der Waals surface area contributed by atoms with Crippen molar-refractivity contribution in [2.45, 2.75) is 13.3 Å². The lowest BCUT2D eigenvalue weighted by Gasteiger charge is -1.97. The molecule has 0 aromatic carbocycles. The van der Waals surface area contributed by atoms with Crippen LogP contribution in [0, 0.1) is 6.92 Å². The summed E-state index contributed by atoms with van der Waals surface area (Å²) in [6, 6.07) is 0. The molecule has 0 bridgehead atoms. The van der Waals surface area contributed by atoms with E-state index in [0.717, 1.165) is 17.8 Å². The monoisotopic (exact) mass is 152 g/mol. The van der Waals surface area contributed by atoms with Crippen LogP contribution in [0.2, 0.25) is 0 Å². The lowest BCUT2D eigenvalue weighted by atomic mass is 10.3. The predicted molar refractivity (Wildman–Crippen MR) is 42.3 cm³/mol. The van der Waals surface area contributed by atoms with Gasteiger partial charge in [-0.1, -0.05) is 0 Å². The van der Waals surface area contributed by atoms with Gasteiger partial charge in [0.25, 0.3) is 0 Å². The zero-order valence-corrected chi connectivity index (χ0v) is 6.87. The first-order chi connectivity index (χ1) is 5.33. The molecule has 1 aromatic heterocycles. The van der Waals surface area contributed by atoms with Gasteiger partial charge in [0.15, 0.2) is 0 Å². The number of hydrogen-bond donors (Lipinski definition) is 0. The van der Waals surface area contributed by atoms with E-state index in [-0.39, 0.29) is 0 Å². The summed E-state index contributed by atoms with van der Waals surface area (Å²) in [6.45, 7) is 2.66. The van der Waals surface area contributed by atoms with Crippen molar-refractivity contribution in [1.82, 2.24) is 9.97 Å². The number of methoxy groups -OCH3 is 1. The number of hydrogen-bond acceptors (Lipinski definition) is 3. The van der Waals surface area contributed by atoms with E-state index in [1.54, 1.807) is 7.11 Å². The zero-order valence-electron chi connectivity index (χ0n) is 6.87. The molecular formula is C8H12N2O. The Morgan fingerprint density at radius 1 is 1.36 bits per heavy atom. The van der Waals surface area contributed by atoms with E-state index in [0.29, 0.717) is 6.61 Å². The smallest absolute Gasteiger partial charge is 0.130 e. The van der Waals surface area contributed by atoms with E-state index in [9.17, 15) is 0 Å². The van der Waals surface area contributed by atoms with E-state index >= 15 is 0 Å². The fourth-order valence-corrected chi connectivity index (χ4v) is 0.742. The molecule has 0 N–H and O–H groups in total. The molecule has 0 radical (unpaired) electrons. The van der Waals surface area contributed by atoms with Crippen molar-refractivity contribution in [3.63, 3.8) is 0 Å². The van der Waals surface area contributed by atoms with Crippen LogP contribution in [0.5, 0.6) is 0 Å². The van der Waals surface area contributed by atoms with Gasteiger partial charge in [-0.25, -0.2) is 9.97 Å². The second kappa shape index (κ2) is 4.03. The minimum Gasteiger partial charge on any atom is -0.384 e. The van der Waals surface area contributed by atoms with Gasteiger partial charge in [-0.3, -0.25) is 0 Å². The van der Waals surface area contributed by atoms with Gasteiger partial charge in [0.1, 0.15) is 5.82 Å². The van der Waals surface area contributed by atoms with Crippen molar-refractivity contribution in [3.8, 4) is 0 Å². The van der Waals surface area contributed by atoms with Crippen LogP contribution in [0.25, 0.3) is 0 Å². The van der Waals surface area contributed by atoms with Gasteiger partial charge in [0.2, 0.25) is 0 Å². The predicted octanol–water partition coefficient (Wildman–Crippen LogP) is 0.974. The number of aromatic nitrogens is 2. The van der Waals surface area contributed by atoms with Gasteiger partial charge in [-0.05, 0) is 12.5 Å². The minimum atomic E-state index is 0.684. The molecule has 11 heavy (non-hydrogen) atoms. The maximum atomic E-state index is 4.90. The van der Waals surface area contributed by atoms with Crippen molar-refractivity contribution in [2.75, 3.05) is 13.7 Å². The Morgan fingerprint density at radius 3 is 2.55 bits per heavy atom. The highest BCUT2D eigenvalue weighted by Crippen LogP contribution is 1.93. The number of aryl methyl sites for hydroxylation is 1. The van der Waals surface area contributed by atoms with Crippen molar-refractivity contribution in [3.05, 3.63) is 23.8 Å². The quantitative estimate of drug-likeness (QED) is 0.647. The molecule has 0 amide bonds. The Balaban J connectivity index is 2.52. The highest BCUT2D eigenvalue weighted by molar-refractivity contribution is 5.01. The Hall–Kier alpha value is -0.960. The topological polar surface area (TPSA) is 35.0 Å². The third-order valence-corrected chi connectivity index (χ3v) is 1.36. The van der Waals surface area contributed by atoms with Gasteiger partial charge in [-0.15, -0.1) is 0 Å². The fraction of sp³-hybridized carbons (Fsp3) is 0.500. The highest BCUT2D eigenvalue weighted by atomic mass is 16.5. The number of rotatable bonds is 3. The van der Waals surface area contributed by atoms with Crippen molar-refractivity contribution < 1.29 is 4.74 Å². The van der Waals surface area contributed by atoms with Gasteiger partial charge < -0.3 is 4.74 Å². The SMILES string of the molecule is COCCc1ncc(C)cn1. The van der Waals surface area contributed by atoms with Gasteiger partial charge >= 0.3 is 0 Å². The van der Waals surface area contributed by atoms with E-state index in [1.165, 1.54) is 0 Å². The van der Waals surface area contributed by atoms with Crippen LogP contribution < -0.4 is 0 Å². The van der Waals surface area contributed by atoms with Crippen molar-refractivity contribution in [1.29, 1.82) is 0 Å². The first kappa shape index (κ1) is 8.14. The summed E-state index contributed by atoms with van der Waals surface area (Å²) in [5.74, 6) is 0.845. The zero-order chi connectivity index (χ0) is 8.10. The normalized spacial score (nSPS) is 10.0. The molecule has 0 saturated heterocycles. The maximum Gasteiger partial charge on any atom is 0.130 e. The van der Waals surface area contributed by atoms with Crippen LogP contribution in [-0.4, -0.2) is 23.7 Å². The van der Waals surface area contributed by atoms with Crippen LogP contribution >= 0.6 is 0 Å². The molecular weight excluding hydrogens is 140 g/mol. The van der Waals surface area contributed by atoms with Gasteiger partial charge in [0.05, 0.1) is 6.61 Å². The van der Waals surface area contributed by atoms with E-state index < -0.39 is 0 Å². The van der Waals surface area contributed by atoms with Gasteiger partial charge in [0, 0.05) is 25.9 Å². The summed E-state index contributed by atoms with van der Waals surface area (Å²) in [4.78, 5) is 8.25. The summed E-state index contributed by atoms with van der Waals surface area (Å²) < 4.78 is 4.90. The third-order valence-electron chi connectivity index (χ3n) is 1.36. The van der Waals surface area contributed by atoms with Crippen LogP contribution in [0.4, 0.5) is 0 Å². The van der Waals surface area contributed by atoms with Crippen LogP contribution in [0.1, 0.15) is 11.4 Å². The molecule has 0 atom stereocenters. The largest absolute Gasteiger partial charge is 0.384 e. The lowest BCUT2D eigenvalue weighted by molar-refractivity contribution is 0.200. The molecule has 3 nitrogen and oxygen atoms in total. The lowest BCUT2D eigenvalue weighted by Crippen LogP contribution is -1.99. The second-order valence-corrected chi connectivity index (χ2v) is 2.42. The summed E-state index contributed by atoms with van der Waals surface area (Å²) in [7, 11) is 1.67. The molecule has 1 aromatic rings. The molecule has 0 fully saturated rings. The molecule has 1 rings (SSSR count). The molecule has 60 valence electrons. The molecule has 0 unspecified atom stereocenters. The van der Waals surface area contributed by atoms with Crippen molar-refractivity contribution in [2.24, 2.45) is 0 Å². The standard InChI is InChI=1S/C8H12N2O/c1-7-5-9-8(10-6-7)3-4-11-2/h5-6H,3-4H2,1-2H3. The molecule has 0 spiro atoms. The Kier molecular flexibility index (Phi) is 2.98. The minimum absolute atomic E-state index is 0.684. The summed E-state index contributed by atoms with van der Waals surface area (Å²) >= 11 is 0. The van der Waals surface area contributed by atoms with Gasteiger partial charge in [-0.2, -0.15) is 0 Å². The number of ether oxygens (including phenoxy) is 1. The fourth-order valence-electron chi connectivity index (χ4n) is 0.742. The molecule has 1 heterocycles. The average Bonchev–Trinajstić information content (AvgIpc) is 2.04. The van der Waals surface area contributed by atoms with Crippen LogP contribution in [0.3, 0.4) is 0 Å². The van der Waals surface area contributed by atoms with E-state index in [1.807, 2.05) is 19.3 Å². The van der Waals surface area contributed by atoms with E-state index in [2.05, 4.69) is 9.97 Å². The molecule has 3 heteroatoms. The van der Waals surface area contributed by atoms with E-state index in [4.69, 9.17) is 4.74 Å². The summed E-state index contributed by atoms with van der Waals surface area (Å²) in [5, 5.41) is 0. The molecule has 0 aliphatic heterocycles. The van der Waals surface area contributed by atoms with Crippen LogP contribution in [0.15, 0.2) is 12.4 Å². The molecule has 0 saturated carbocycles. The first-order valence-corrected chi connectivity index (χ1v) is 3.59. The average molecular weight is 152 g/mol. The van der Waals surface area contributed by atoms with Crippen molar-refractivity contribution >= 4 is 0 Å². The Morgan fingerprint density at radius 2 is 2.00 bits per heavy atom. The Bertz CT molecular complexity index is 208. The summed E-state index contributed by atoms with van der Waals surface area (Å²) in [6.07, 6.45) is 4.42. The summed E-state index contributed by atoms with van der Waals surface area (Å²) in [5.41, 5.74) is 1.09. The second-order valence-electron chi connectivity index (χ2n) is 2.42. The molecule has 0 aliphatic carbocycles. The third kappa shape index (κ3) is 2.63. The first-order valence-electron chi connectivity index (χ1n) is 3.59. The van der Waals surface area contributed by atoms with Crippen LogP contribution in [-0.2, 0) is 11.2 Å². The molecule has 0 aliphatic rings. The Labute approximate surface area is 66.4 Å².